The SMILES string of the molecule is [2H]C([2H])([2H])c1c[c-]c(-c2cc[c]([Ge]([CH3])([CH3])[CH3])cn2)cc1.[2H]C([2H])([2H])c1cnc(-c2[c-]ccc3c2Oc2ccccc2C3(C)C)cc1C([2H])(C)C.[Ir]. The number of aryl methyl sites for hydroxylation is 2. The van der Waals surface area contributed by atoms with Crippen LogP contribution in [0.1, 0.15) is 71.0 Å². The number of nitrogens with zero attached hydrogens (tertiary/aromatic N) is 2. The van der Waals surface area contributed by atoms with Gasteiger partial charge in [-0.05, 0) is 35.6 Å². The van der Waals surface area contributed by atoms with Crippen LogP contribution in [0.5, 0.6) is 11.5 Å². The molecule has 0 N–H and O–H groups in total. The molecule has 2 aromatic heterocycles. The molecule has 5 heteroatoms. The first kappa shape index (κ1) is 25.2. The van der Waals surface area contributed by atoms with Gasteiger partial charge in [0.2, 0.25) is 0 Å². The van der Waals surface area contributed by atoms with Gasteiger partial charge in [-0.2, -0.15) is 0 Å². The van der Waals surface area contributed by atoms with Gasteiger partial charge in [0.1, 0.15) is 5.75 Å². The number of pyridine rings is 2. The predicted molar refractivity (Wildman–Crippen MR) is 182 cm³/mol. The van der Waals surface area contributed by atoms with Crippen LogP contribution in [0.3, 0.4) is 0 Å². The van der Waals surface area contributed by atoms with E-state index in [1.165, 1.54) is 16.7 Å². The molecule has 0 aliphatic carbocycles. The summed E-state index contributed by atoms with van der Waals surface area (Å²) < 4.78 is 61.7. The molecule has 44 heavy (non-hydrogen) atoms. The molecule has 0 unspecified atom stereocenters. The van der Waals surface area contributed by atoms with Crippen LogP contribution in [0.15, 0.2) is 85.2 Å². The zero-order chi connectivity index (χ0) is 36.9. The van der Waals surface area contributed by atoms with Gasteiger partial charge < -0.3 is 9.72 Å². The van der Waals surface area contributed by atoms with E-state index in [0.29, 0.717) is 28.1 Å². The molecule has 0 saturated heterocycles. The summed E-state index contributed by atoms with van der Waals surface area (Å²) in [4.78, 5) is 8.93. The molecule has 0 spiro atoms. The predicted octanol–water partition coefficient (Wildman–Crippen LogP) is 9.81. The van der Waals surface area contributed by atoms with Crippen LogP contribution in [0.25, 0.3) is 22.5 Å². The van der Waals surface area contributed by atoms with Crippen LogP contribution in [-0.4, -0.2) is 23.2 Å². The number of hydrogen-bond acceptors (Lipinski definition) is 3. The molecule has 1 aliphatic rings. The van der Waals surface area contributed by atoms with Crippen molar-refractivity contribution in [2.75, 3.05) is 0 Å². The minimum atomic E-state index is -2.34. The van der Waals surface area contributed by atoms with Crippen LogP contribution in [0.2, 0.25) is 17.3 Å². The summed E-state index contributed by atoms with van der Waals surface area (Å²) >= 11 is -1.83. The number of benzene rings is 3. The van der Waals surface area contributed by atoms with Gasteiger partial charge in [0.05, 0.1) is 0 Å². The summed E-state index contributed by atoms with van der Waals surface area (Å²) in [5, 5.41) is 0. The van der Waals surface area contributed by atoms with Crippen molar-refractivity contribution in [2.45, 2.75) is 70.0 Å². The molecule has 0 bridgehead atoms. The topological polar surface area (TPSA) is 35.0 Å². The first-order chi connectivity index (χ1) is 23.1. The molecule has 5 aromatic rings. The number of fused-ring (bicyclic) bond motifs is 2. The average Bonchev–Trinajstić information content (AvgIpc) is 3.03. The van der Waals surface area contributed by atoms with E-state index in [1.807, 2.05) is 42.6 Å². The fourth-order valence-electron chi connectivity index (χ4n) is 5.19. The first-order valence-corrected chi connectivity index (χ1v) is 21.8. The number of aromatic nitrogens is 2. The quantitative estimate of drug-likeness (QED) is 0.134. The third-order valence-electron chi connectivity index (χ3n) is 7.81. The fraction of sp³-hybridized carbons (Fsp3) is 0.282. The van der Waals surface area contributed by atoms with Crippen LogP contribution in [0.4, 0.5) is 0 Å². The largest absolute Gasteiger partial charge is 0.501 e. The van der Waals surface area contributed by atoms with Crippen molar-refractivity contribution < 1.29 is 34.4 Å². The second kappa shape index (κ2) is 13.5. The number of ether oxygens (including phenoxy) is 1. The van der Waals surface area contributed by atoms with Gasteiger partial charge in [0, 0.05) is 48.5 Å². The molecule has 0 saturated carbocycles. The Hall–Kier alpha value is -3.05. The van der Waals surface area contributed by atoms with E-state index in [9.17, 15) is 0 Å². The second-order valence-electron chi connectivity index (χ2n) is 12.6. The van der Waals surface area contributed by atoms with Crippen molar-refractivity contribution in [3.8, 4) is 34.0 Å². The van der Waals surface area contributed by atoms with Crippen LogP contribution < -0.4 is 9.13 Å². The molecule has 0 amide bonds. The Morgan fingerprint density at radius 2 is 1.66 bits per heavy atom. The van der Waals surface area contributed by atoms with Gasteiger partial charge in [-0.1, -0.05) is 63.1 Å². The van der Waals surface area contributed by atoms with E-state index in [2.05, 4.69) is 65.3 Å². The van der Waals surface area contributed by atoms with Crippen molar-refractivity contribution in [3.63, 3.8) is 0 Å². The molecular weight excluding hydrogens is 777 g/mol. The van der Waals surface area contributed by atoms with Crippen molar-refractivity contribution in [1.82, 2.24) is 9.97 Å². The van der Waals surface area contributed by atoms with Gasteiger partial charge in [-0.25, -0.2) is 0 Å². The molecule has 1 aliphatic heterocycles. The van der Waals surface area contributed by atoms with Crippen molar-refractivity contribution >= 4 is 17.7 Å². The molecule has 0 atom stereocenters. The van der Waals surface area contributed by atoms with Crippen LogP contribution in [-0.2, 0) is 25.5 Å². The van der Waals surface area contributed by atoms with Crippen molar-refractivity contribution in [3.05, 3.63) is 125 Å². The molecule has 6 rings (SSSR count). The summed E-state index contributed by atoms with van der Waals surface area (Å²) in [7, 11) is 0. The van der Waals surface area contributed by atoms with E-state index in [-0.39, 0.29) is 31.1 Å². The fourth-order valence-corrected chi connectivity index (χ4v) is 7.36. The maximum Gasteiger partial charge on any atom is 0.118 e. The summed E-state index contributed by atoms with van der Waals surface area (Å²) in [5.41, 5.74) is 5.55. The Balaban J connectivity index is 0.000000243. The smallest absolute Gasteiger partial charge is 0.118 e. The van der Waals surface area contributed by atoms with E-state index < -0.39 is 32.9 Å². The number of rotatable bonds is 4. The summed E-state index contributed by atoms with van der Waals surface area (Å²) in [6.45, 7) is 3.26. The number of hydrogen-bond donors (Lipinski definition) is 0. The standard InChI is InChI=1S/C24H24NO.C15H18GeN.Ir/c1-15(2)18-13-21(25-14-16(18)3)17-9-8-11-20-23(17)26-22-12-7-6-10-19(22)24(20,4)5;1-12-5-7-13(8-6-12)15-10-9-14(11-17-15)16(2,3)4;/h6-8,10-15H,1-5H3;5-7,9-11H,1-4H3;/q2*-1;/i3D3,15D;1D3;. The Bertz CT molecular complexity index is 1940. The van der Waals surface area contributed by atoms with E-state index in [4.69, 9.17) is 14.3 Å². The molecule has 3 nitrogen and oxygen atoms in total. The van der Waals surface area contributed by atoms with Crippen molar-refractivity contribution in [1.29, 1.82) is 0 Å². The van der Waals surface area contributed by atoms with Gasteiger partial charge in [-0.3, -0.25) is 0 Å². The van der Waals surface area contributed by atoms with Gasteiger partial charge >= 0.3 is 110 Å². The Kier molecular flexibility index (Phi) is 7.74. The van der Waals surface area contributed by atoms with Gasteiger partial charge in [0.15, 0.2) is 0 Å². The minimum absolute atomic E-state index is 0. The molecule has 0 fully saturated rings. The molecular formula is C39H42GeIrN2O-2. The average molecular weight is 827 g/mol. The Labute approximate surface area is 290 Å². The number of para-hydroxylation sites is 1. The normalized spacial score (nSPS) is 16.2. The van der Waals surface area contributed by atoms with Crippen LogP contribution in [0, 0.1) is 25.8 Å². The maximum atomic E-state index is 8.48. The monoisotopic (exact) mass is 828 g/mol. The summed E-state index contributed by atoms with van der Waals surface area (Å²) in [6, 6.07) is 28.8. The second-order valence-corrected chi connectivity index (χ2v) is 23.3. The molecule has 229 valence electrons. The van der Waals surface area contributed by atoms with Gasteiger partial charge in [0.25, 0.3) is 0 Å². The summed E-state index contributed by atoms with van der Waals surface area (Å²) in [6.07, 6.45) is 3.31. The Morgan fingerprint density at radius 1 is 0.886 bits per heavy atom. The van der Waals surface area contributed by atoms with Crippen LogP contribution >= 0.6 is 0 Å². The molecule has 3 aromatic carbocycles. The van der Waals surface area contributed by atoms with E-state index >= 15 is 0 Å². The summed E-state index contributed by atoms with van der Waals surface area (Å²) in [5.74, 6) is 7.35. The van der Waals surface area contributed by atoms with Gasteiger partial charge in [-0.15, -0.1) is 18.2 Å². The zero-order valence-electron chi connectivity index (χ0n) is 33.2. The minimum Gasteiger partial charge on any atom is -0.501 e. The first-order valence-electron chi connectivity index (χ1n) is 17.9. The molecule has 3 heterocycles. The van der Waals surface area contributed by atoms with Crippen molar-refractivity contribution in [2.24, 2.45) is 0 Å². The van der Waals surface area contributed by atoms with E-state index in [1.54, 1.807) is 32.0 Å². The van der Waals surface area contributed by atoms with E-state index in [0.717, 1.165) is 28.1 Å². The maximum absolute atomic E-state index is 8.48. The molecule has 1 radical (unpaired) electrons. The third kappa shape index (κ3) is 7.09. The Morgan fingerprint density at radius 3 is 2.30 bits per heavy atom. The third-order valence-corrected chi connectivity index (χ3v) is 12.1. The zero-order valence-corrected chi connectivity index (χ0v) is 30.7.